The van der Waals surface area contributed by atoms with Gasteiger partial charge in [-0.25, -0.2) is 9.59 Å². The first kappa shape index (κ1) is 35.0. The molecule has 9 nitrogen and oxygen atoms in total. The van der Waals surface area contributed by atoms with Crippen LogP contribution in [-0.4, -0.2) is 56.3 Å². The Hall–Kier alpha value is -4.90. The molecule has 0 radical (unpaired) electrons. The van der Waals surface area contributed by atoms with E-state index in [4.69, 9.17) is 27.2 Å². The van der Waals surface area contributed by atoms with E-state index in [-0.39, 0.29) is 50.7 Å². The lowest BCUT2D eigenvalue weighted by Gasteiger charge is -2.16. The average Bonchev–Trinajstić information content (AvgIpc) is 3.25. The number of rotatable bonds is 10. The molecule has 0 aromatic heterocycles. The number of alkyl halides is 6. The van der Waals surface area contributed by atoms with Crippen molar-refractivity contribution >= 4 is 63.8 Å². The van der Waals surface area contributed by atoms with Gasteiger partial charge in [-0.05, 0) is 71.8 Å². The first-order valence-electron chi connectivity index (χ1n) is 13.1. The highest BCUT2D eigenvalue weighted by molar-refractivity contribution is 8.26. The molecule has 3 N–H and O–H groups in total. The number of carboxylic acid groups (broad SMARTS) is 2. The molecule has 1 aliphatic heterocycles. The minimum atomic E-state index is -5.10. The zero-order valence-corrected chi connectivity index (χ0v) is 25.1. The molecule has 1 aliphatic rings. The molecule has 0 unspecified atom stereocenters. The summed E-state index contributed by atoms with van der Waals surface area (Å²) < 4.78 is 86.1. The van der Waals surface area contributed by atoms with E-state index in [0.717, 1.165) is 34.9 Å². The van der Waals surface area contributed by atoms with Crippen molar-refractivity contribution < 1.29 is 60.5 Å². The average molecular weight is 699 g/mol. The Morgan fingerprint density at radius 3 is 2.06 bits per heavy atom. The van der Waals surface area contributed by atoms with E-state index >= 15 is 0 Å². The van der Waals surface area contributed by atoms with E-state index in [1.807, 2.05) is 0 Å². The maximum Gasteiger partial charge on any atom is 0.416 e. The van der Waals surface area contributed by atoms with Crippen molar-refractivity contribution in [3.63, 3.8) is 0 Å². The molecule has 0 spiro atoms. The third-order valence-electron chi connectivity index (χ3n) is 6.42. The van der Waals surface area contributed by atoms with Gasteiger partial charge in [0, 0.05) is 24.2 Å². The predicted molar refractivity (Wildman–Crippen MR) is 162 cm³/mol. The Labute approximate surface area is 270 Å². The normalized spacial score (nSPS) is 14.4. The van der Waals surface area contributed by atoms with E-state index in [1.54, 1.807) is 0 Å². The fourth-order valence-electron chi connectivity index (χ4n) is 4.20. The Bertz CT molecular complexity index is 1760. The topological polar surface area (TPSA) is 133 Å². The van der Waals surface area contributed by atoms with Gasteiger partial charge in [0.1, 0.15) is 10.1 Å². The quantitative estimate of drug-likeness (QED) is 0.119. The van der Waals surface area contributed by atoms with Crippen molar-refractivity contribution in [2.45, 2.75) is 18.8 Å². The highest BCUT2D eigenvalue weighted by atomic mass is 32.2. The van der Waals surface area contributed by atoms with Crippen LogP contribution in [0.1, 0.15) is 33.5 Å². The number of aliphatic carboxylic acids is 1. The van der Waals surface area contributed by atoms with Crippen LogP contribution >= 0.6 is 24.0 Å². The van der Waals surface area contributed by atoms with E-state index < -0.39 is 59.4 Å². The number of benzene rings is 3. The highest BCUT2D eigenvalue weighted by Crippen LogP contribution is 2.40. The number of hydrogen-bond acceptors (Lipinski definition) is 7. The van der Waals surface area contributed by atoms with E-state index in [9.17, 15) is 45.5 Å². The summed E-state index contributed by atoms with van der Waals surface area (Å²) >= 11 is 6.06. The van der Waals surface area contributed by atoms with Crippen molar-refractivity contribution in [1.29, 1.82) is 0 Å². The van der Waals surface area contributed by atoms with Crippen LogP contribution in [0.25, 0.3) is 17.2 Å². The number of thiocarbonyl (C=S) groups is 1. The molecule has 3 aromatic rings. The summed E-state index contributed by atoms with van der Waals surface area (Å²) in [6.45, 7) is -1.02. The van der Waals surface area contributed by atoms with Crippen LogP contribution in [0.3, 0.4) is 0 Å². The molecule has 246 valence electrons. The molecule has 0 atom stereocenters. The number of thioether (sulfide) groups is 1. The Morgan fingerprint density at radius 2 is 1.51 bits per heavy atom. The van der Waals surface area contributed by atoms with Crippen LogP contribution in [0.2, 0.25) is 0 Å². The number of carboxylic acids is 2. The number of ether oxygens (including phenoxy) is 1. The van der Waals surface area contributed by atoms with Crippen LogP contribution in [0.4, 0.5) is 32.0 Å². The maximum absolute atomic E-state index is 13.5. The molecule has 17 heteroatoms. The standard InChI is InChI=1S/C30H20F6N2O7S2/c31-29(32,33)19-10-17(11-20(13-19)30(34,35)36)16-3-6-22(45-14-25(40)41)18(9-16)12-23-26(42)38(28(46)47-23)8-7-24(39)37-21-4-1-15(2-5-21)27(43)44/h1-6,9-13H,7-8,14H2,(H,37,39)(H,40,41)(H,43,44)/b23-12-. The van der Waals surface area contributed by atoms with Crippen LogP contribution < -0.4 is 10.1 Å². The molecule has 0 bridgehead atoms. The number of halogens is 6. The zero-order chi connectivity index (χ0) is 34.7. The van der Waals surface area contributed by atoms with Crippen molar-refractivity contribution in [3.05, 3.63) is 87.8 Å². The summed E-state index contributed by atoms with van der Waals surface area (Å²) in [5, 5.41) is 20.6. The second-order valence-corrected chi connectivity index (χ2v) is 11.4. The van der Waals surface area contributed by atoms with Gasteiger partial charge in [0.05, 0.1) is 21.6 Å². The molecule has 1 fully saturated rings. The summed E-state index contributed by atoms with van der Waals surface area (Å²) in [5.74, 6) is -3.87. The first-order chi connectivity index (χ1) is 21.9. The minimum absolute atomic E-state index is 0.00953. The van der Waals surface area contributed by atoms with Crippen molar-refractivity contribution in [3.8, 4) is 16.9 Å². The van der Waals surface area contributed by atoms with Gasteiger partial charge in [-0.3, -0.25) is 14.5 Å². The lowest BCUT2D eigenvalue weighted by molar-refractivity contribution is -0.143. The second-order valence-electron chi connectivity index (χ2n) is 9.74. The monoisotopic (exact) mass is 698 g/mol. The molecular weight excluding hydrogens is 678 g/mol. The van der Waals surface area contributed by atoms with Gasteiger partial charge in [0.15, 0.2) is 6.61 Å². The highest BCUT2D eigenvalue weighted by Gasteiger charge is 2.37. The molecule has 0 saturated carbocycles. The number of anilines is 1. The Morgan fingerprint density at radius 1 is 0.894 bits per heavy atom. The van der Waals surface area contributed by atoms with Gasteiger partial charge < -0.3 is 20.3 Å². The van der Waals surface area contributed by atoms with Crippen LogP contribution in [0.15, 0.2) is 65.6 Å². The number of carbonyl (C=O) groups excluding carboxylic acids is 2. The van der Waals surface area contributed by atoms with Gasteiger partial charge in [0.25, 0.3) is 5.91 Å². The summed E-state index contributed by atoms with van der Waals surface area (Å²) in [4.78, 5) is 48.8. The van der Waals surface area contributed by atoms with Crippen molar-refractivity contribution in [1.82, 2.24) is 4.90 Å². The van der Waals surface area contributed by atoms with E-state index in [1.165, 1.54) is 30.3 Å². The van der Waals surface area contributed by atoms with Crippen molar-refractivity contribution in [2.24, 2.45) is 0 Å². The van der Waals surface area contributed by atoms with Gasteiger partial charge in [-0.15, -0.1) is 0 Å². The zero-order valence-electron chi connectivity index (χ0n) is 23.4. The third kappa shape index (κ3) is 8.88. The molecule has 47 heavy (non-hydrogen) atoms. The summed E-state index contributed by atoms with van der Waals surface area (Å²) in [7, 11) is 0. The summed E-state index contributed by atoms with van der Waals surface area (Å²) in [6.07, 6.45) is -9.22. The van der Waals surface area contributed by atoms with Gasteiger partial charge in [-0.1, -0.05) is 30.0 Å². The number of hydrogen-bond donors (Lipinski definition) is 3. The third-order valence-corrected chi connectivity index (χ3v) is 7.80. The molecule has 3 aromatic carbocycles. The first-order valence-corrected chi connectivity index (χ1v) is 14.3. The van der Waals surface area contributed by atoms with E-state index in [0.29, 0.717) is 17.8 Å². The number of aromatic carboxylic acids is 1. The molecular formula is C30H20F6N2O7S2. The lowest BCUT2D eigenvalue weighted by atomic mass is 9.97. The van der Waals surface area contributed by atoms with Crippen LogP contribution in [0.5, 0.6) is 5.75 Å². The fraction of sp³-hybridized carbons (Fsp3) is 0.167. The SMILES string of the molecule is O=C(O)COc1ccc(-c2cc(C(F)(F)F)cc(C(F)(F)F)c2)cc1/C=C1\SC(=S)N(CCC(=O)Nc2ccc(C(=O)O)cc2)C1=O. The van der Waals surface area contributed by atoms with Crippen LogP contribution in [0, 0.1) is 0 Å². The molecule has 1 saturated heterocycles. The number of carbonyl (C=O) groups is 4. The van der Waals surface area contributed by atoms with Gasteiger partial charge in [0.2, 0.25) is 5.91 Å². The predicted octanol–water partition coefficient (Wildman–Crippen LogP) is 6.78. The number of nitrogens with zero attached hydrogens (tertiary/aromatic N) is 1. The van der Waals surface area contributed by atoms with E-state index in [2.05, 4.69) is 5.32 Å². The fourth-order valence-corrected chi connectivity index (χ4v) is 5.50. The largest absolute Gasteiger partial charge is 0.481 e. The Balaban J connectivity index is 1.61. The van der Waals surface area contributed by atoms with Crippen molar-refractivity contribution in [2.75, 3.05) is 18.5 Å². The minimum Gasteiger partial charge on any atom is -0.481 e. The number of amides is 2. The summed E-state index contributed by atoms with van der Waals surface area (Å²) in [5.41, 5.74) is -3.40. The summed E-state index contributed by atoms with van der Waals surface area (Å²) in [6, 6.07) is 9.80. The number of nitrogens with one attached hydrogen (secondary N) is 1. The smallest absolute Gasteiger partial charge is 0.416 e. The second kappa shape index (κ2) is 13.8. The molecule has 4 rings (SSSR count). The van der Waals surface area contributed by atoms with Gasteiger partial charge >= 0.3 is 24.3 Å². The molecule has 1 heterocycles. The Kier molecular flexibility index (Phi) is 10.3. The maximum atomic E-state index is 13.5. The lowest BCUT2D eigenvalue weighted by Crippen LogP contribution is -2.31. The molecule has 0 aliphatic carbocycles. The van der Waals surface area contributed by atoms with Gasteiger partial charge in [-0.2, -0.15) is 26.3 Å². The van der Waals surface area contributed by atoms with Crippen LogP contribution in [-0.2, 0) is 26.7 Å². The molecule has 2 amide bonds.